The largest absolute Gasteiger partial charge is 0.466 e. The molecular weight excluding hydrogens is 210 g/mol. The van der Waals surface area contributed by atoms with Crippen LogP contribution in [0.1, 0.15) is 17.5 Å². The Morgan fingerprint density at radius 3 is 2.55 bits per heavy atom. The quantitative estimate of drug-likeness (QED) is 0.520. The summed E-state index contributed by atoms with van der Waals surface area (Å²) >= 11 is 16.2. The second kappa shape index (κ2) is 4.29. The van der Waals surface area contributed by atoms with Crippen molar-refractivity contribution in [2.45, 2.75) is 17.1 Å². The molecule has 65 valence electrons. The molecule has 0 aromatic carbocycles. The highest BCUT2D eigenvalue weighted by atomic mass is 35.6. The monoisotopic (exact) mass is 220 g/mol. The summed E-state index contributed by atoms with van der Waals surface area (Å²) in [5.74, 6) is -0.990. The van der Waals surface area contributed by atoms with Crippen molar-refractivity contribution in [1.82, 2.24) is 0 Å². The maximum atomic E-state index is 11.0. The maximum Gasteiger partial charge on any atom is 0.329 e. The average molecular weight is 222 g/mol. The Balaban J connectivity index is 4.45. The van der Waals surface area contributed by atoms with Crippen molar-refractivity contribution < 1.29 is 14.0 Å². The minimum Gasteiger partial charge on any atom is -0.466 e. The zero-order valence-corrected chi connectivity index (χ0v) is 7.93. The number of rotatable bonds is 2. The van der Waals surface area contributed by atoms with Gasteiger partial charge in [-0.05, 0) is 6.92 Å². The molecule has 0 saturated carbocycles. The molecule has 0 rings (SSSR count). The molecule has 0 aliphatic carbocycles. The van der Waals surface area contributed by atoms with Gasteiger partial charge in [0, 0.05) is 12.0 Å². The van der Waals surface area contributed by atoms with Gasteiger partial charge in [0.15, 0.2) is 3.79 Å². The first kappa shape index (κ1) is 6.70. The molecule has 1 radical (unpaired) electrons. The van der Waals surface area contributed by atoms with Crippen molar-refractivity contribution in [2.75, 3.05) is 7.04 Å². The lowest BCUT2D eigenvalue weighted by Gasteiger charge is -2.10. The third-order valence-electron chi connectivity index (χ3n) is 0.907. The van der Waals surface area contributed by atoms with Gasteiger partial charge in [0.1, 0.15) is 0 Å². The summed E-state index contributed by atoms with van der Waals surface area (Å²) < 4.78 is 22.5. The molecule has 0 atom stereocenters. The van der Waals surface area contributed by atoms with E-state index in [1.807, 2.05) is 0 Å². The number of alkyl halides is 3. The molecule has 0 aromatic rings. The molecule has 0 heterocycles. The lowest BCUT2D eigenvalue weighted by Crippen LogP contribution is -2.04. The van der Waals surface area contributed by atoms with E-state index in [2.05, 4.69) is 4.74 Å². The van der Waals surface area contributed by atoms with Gasteiger partial charge in [0.2, 0.25) is 0 Å². The van der Waals surface area contributed by atoms with Crippen LogP contribution in [0.2, 0.25) is 0 Å². The van der Waals surface area contributed by atoms with E-state index in [9.17, 15) is 5.11 Å². The van der Waals surface area contributed by atoms with Crippen molar-refractivity contribution >= 4 is 34.8 Å². The molecule has 0 bridgehead atoms. The topological polar surface area (TPSA) is 29.1 Å². The summed E-state index contributed by atoms with van der Waals surface area (Å²) in [4.78, 5) is 0. The zero-order chi connectivity index (χ0) is 11.6. The van der Waals surface area contributed by atoms with Gasteiger partial charge in [0.05, 0.1) is 11.2 Å². The summed E-state index contributed by atoms with van der Waals surface area (Å²) in [6.45, 7) is 1.34. The molecular formula is C6H8Cl3O2. The van der Waals surface area contributed by atoms with Crippen LogP contribution in [0.25, 0.3) is 0 Å². The van der Waals surface area contributed by atoms with Crippen LogP contribution >= 0.6 is 34.8 Å². The van der Waals surface area contributed by atoms with Crippen LogP contribution in [-0.2, 0) is 9.84 Å². The van der Waals surface area contributed by atoms with Crippen molar-refractivity contribution in [3.05, 3.63) is 11.5 Å². The van der Waals surface area contributed by atoms with Crippen LogP contribution in [0.4, 0.5) is 0 Å². The third-order valence-corrected chi connectivity index (χ3v) is 1.31. The normalized spacial score (nSPS) is 19.5. The van der Waals surface area contributed by atoms with Gasteiger partial charge in [-0.15, -0.1) is 0 Å². The van der Waals surface area contributed by atoms with Crippen molar-refractivity contribution in [2.24, 2.45) is 0 Å². The highest BCUT2D eigenvalue weighted by molar-refractivity contribution is 6.67. The molecule has 0 spiro atoms. The average Bonchev–Trinajstić information content (AvgIpc) is 1.78. The highest BCUT2D eigenvalue weighted by Gasteiger charge is 2.22. The fourth-order valence-electron chi connectivity index (χ4n) is 0.460. The molecule has 11 heavy (non-hydrogen) atoms. The predicted octanol–water partition coefficient (Wildman–Crippen LogP) is 3.06. The first-order valence-electron chi connectivity index (χ1n) is 4.14. The Bertz CT molecular complexity index is 207. The Hall–Kier alpha value is 0.210. The standard InChI is InChI=1S/C6H8Cl3O2/c1-4(5(10)11-2)3-6(7,8)9/h3H2,1-2H3/i2D3. The molecule has 0 N–H and O–H groups in total. The molecule has 2 nitrogen and oxygen atoms in total. The number of hydrogen-bond acceptors (Lipinski definition) is 1. The van der Waals surface area contributed by atoms with E-state index in [0.717, 1.165) is 0 Å². The fraction of sp³-hybridized carbons (Fsp3) is 0.667. The van der Waals surface area contributed by atoms with Crippen LogP contribution in [0, 0.1) is 0 Å². The number of methoxy groups -OCH3 is 1. The van der Waals surface area contributed by atoms with Crippen molar-refractivity contribution in [1.29, 1.82) is 0 Å². The van der Waals surface area contributed by atoms with E-state index in [4.69, 9.17) is 38.9 Å². The van der Waals surface area contributed by atoms with Gasteiger partial charge in [-0.25, -0.2) is 5.11 Å². The third kappa shape index (κ3) is 5.48. The van der Waals surface area contributed by atoms with E-state index in [1.54, 1.807) is 0 Å². The lowest BCUT2D eigenvalue weighted by atomic mass is 10.2. The summed E-state index contributed by atoms with van der Waals surface area (Å²) in [6.07, 6.45) is -0.174. The van der Waals surface area contributed by atoms with Crippen molar-refractivity contribution in [3.8, 4) is 0 Å². The number of ether oxygens (including phenoxy) is 1. The van der Waals surface area contributed by atoms with E-state index >= 15 is 0 Å². The van der Waals surface area contributed by atoms with Gasteiger partial charge in [-0.1, -0.05) is 34.8 Å². The zero-order valence-electron chi connectivity index (χ0n) is 8.66. The van der Waals surface area contributed by atoms with Gasteiger partial charge in [0.25, 0.3) is 0 Å². The summed E-state index contributed by atoms with van der Waals surface area (Å²) in [5, 5.41) is 11.0. The minimum absolute atomic E-state index is 0.0427. The van der Waals surface area contributed by atoms with Crippen LogP contribution < -0.4 is 0 Å². The first-order valence-corrected chi connectivity index (χ1v) is 3.77. The molecule has 0 aromatic heterocycles. The number of halogens is 3. The van der Waals surface area contributed by atoms with Gasteiger partial charge in [-0.2, -0.15) is 0 Å². The Kier molecular flexibility index (Phi) is 2.61. The lowest BCUT2D eigenvalue weighted by molar-refractivity contribution is 0.0808. The summed E-state index contributed by atoms with van der Waals surface area (Å²) in [7, 11) is -2.77. The Morgan fingerprint density at radius 2 is 2.18 bits per heavy atom. The van der Waals surface area contributed by atoms with Gasteiger partial charge in [-0.3, -0.25) is 0 Å². The molecule has 5 heteroatoms. The second-order valence-corrected chi connectivity index (χ2v) is 4.48. The van der Waals surface area contributed by atoms with Gasteiger partial charge < -0.3 is 4.74 Å². The van der Waals surface area contributed by atoms with Crippen LogP contribution in [0.3, 0.4) is 0 Å². The molecule has 0 amide bonds. The second-order valence-electron chi connectivity index (χ2n) is 1.96. The van der Waals surface area contributed by atoms with E-state index < -0.39 is 16.8 Å². The van der Waals surface area contributed by atoms with Crippen LogP contribution in [-0.4, -0.2) is 10.8 Å². The summed E-state index contributed by atoms with van der Waals surface area (Å²) in [6, 6.07) is 0. The van der Waals surface area contributed by atoms with E-state index in [0.29, 0.717) is 0 Å². The smallest absolute Gasteiger partial charge is 0.329 e. The number of hydrogen-bond donors (Lipinski definition) is 0. The molecule has 0 fully saturated rings. The SMILES string of the molecule is [2H]C([2H])([2H])OC([O])=C(C)CC(Cl)(Cl)Cl. The van der Waals surface area contributed by atoms with Crippen molar-refractivity contribution in [3.63, 3.8) is 0 Å². The van der Waals surface area contributed by atoms with Gasteiger partial charge >= 0.3 is 5.95 Å². The minimum atomic E-state index is -2.77. The molecule has 0 saturated heterocycles. The fourth-order valence-corrected chi connectivity index (χ4v) is 1.06. The first-order chi connectivity index (χ1) is 6.01. The number of allylic oxidation sites excluding steroid dienone is 1. The van der Waals surface area contributed by atoms with Crippen LogP contribution in [0.5, 0.6) is 0 Å². The molecule has 0 unspecified atom stereocenters. The maximum absolute atomic E-state index is 11.0. The molecule has 0 aliphatic rings. The molecule has 0 aliphatic heterocycles. The van der Waals surface area contributed by atoms with E-state index in [1.165, 1.54) is 6.92 Å². The Morgan fingerprint density at radius 1 is 1.64 bits per heavy atom. The summed E-state index contributed by atoms with van der Waals surface area (Å²) in [5.41, 5.74) is 0.0427. The Labute approximate surface area is 84.9 Å². The predicted molar refractivity (Wildman–Crippen MR) is 45.3 cm³/mol. The van der Waals surface area contributed by atoms with E-state index in [-0.39, 0.29) is 12.0 Å². The highest BCUT2D eigenvalue weighted by Crippen LogP contribution is 2.33. The van der Waals surface area contributed by atoms with Crippen LogP contribution in [0.15, 0.2) is 11.5 Å².